The van der Waals surface area contributed by atoms with Crippen molar-refractivity contribution in [3.63, 3.8) is 0 Å². The summed E-state index contributed by atoms with van der Waals surface area (Å²) in [6, 6.07) is 0. The third-order valence-corrected chi connectivity index (χ3v) is 6.10. The molecule has 4 heteroatoms. The lowest BCUT2D eigenvalue weighted by Crippen LogP contribution is -2.81. The number of rotatable bonds is 2. The van der Waals surface area contributed by atoms with E-state index in [0.717, 1.165) is 12.8 Å². The van der Waals surface area contributed by atoms with Crippen molar-refractivity contribution in [3.8, 4) is 0 Å². The Morgan fingerprint density at radius 3 is 2.57 bits per heavy atom. The molecular formula is C10H14O3S. The van der Waals surface area contributed by atoms with Gasteiger partial charge in [0.1, 0.15) is 16.5 Å². The van der Waals surface area contributed by atoms with Gasteiger partial charge < -0.3 is 0 Å². The van der Waals surface area contributed by atoms with Crippen molar-refractivity contribution in [3.05, 3.63) is 0 Å². The monoisotopic (exact) mass is 214 g/mol. The van der Waals surface area contributed by atoms with Gasteiger partial charge in [-0.25, -0.2) is 8.42 Å². The SMILES string of the molecule is CC1C2CC(=O)C23CCC13C[SH](=O)=O. The smallest absolute Gasteiger partial charge is 0.140 e. The third kappa shape index (κ3) is 0.603. The van der Waals surface area contributed by atoms with E-state index in [1.807, 2.05) is 0 Å². The van der Waals surface area contributed by atoms with E-state index >= 15 is 0 Å². The molecule has 0 aliphatic heterocycles. The molecule has 0 heterocycles. The maximum atomic E-state index is 11.6. The van der Waals surface area contributed by atoms with Crippen molar-refractivity contribution in [1.82, 2.24) is 0 Å². The number of hydrogen-bond donors (Lipinski definition) is 1. The molecule has 14 heavy (non-hydrogen) atoms. The van der Waals surface area contributed by atoms with Gasteiger partial charge in [0.15, 0.2) is 0 Å². The van der Waals surface area contributed by atoms with Crippen molar-refractivity contribution in [2.45, 2.75) is 26.2 Å². The van der Waals surface area contributed by atoms with E-state index in [9.17, 15) is 13.2 Å². The van der Waals surface area contributed by atoms with Gasteiger partial charge in [-0.05, 0) is 30.1 Å². The minimum Gasteiger partial charge on any atom is -0.299 e. The number of carbonyl (C=O) groups excluding carboxylic acids is 1. The minimum absolute atomic E-state index is 0.137. The molecule has 0 radical (unpaired) electrons. The Balaban J connectivity index is 1.97. The quantitative estimate of drug-likeness (QED) is 0.685. The van der Waals surface area contributed by atoms with Crippen molar-refractivity contribution >= 4 is 16.5 Å². The van der Waals surface area contributed by atoms with Crippen LogP contribution in [0.25, 0.3) is 0 Å². The first-order valence-corrected chi connectivity index (χ1v) is 6.56. The highest BCUT2D eigenvalue weighted by molar-refractivity contribution is 7.72. The van der Waals surface area contributed by atoms with E-state index < -0.39 is 10.7 Å². The Morgan fingerprint density at radius 2 is 2.14 bits per heavy atom. The zero-order valence-electron chi connectivity index (χ0n) is 8.16. The molecule has 0 bridgehead atoms. The Labute approximate surface area is 84.8 Å². The first-order valence-electron chi connectivity index (χ1n) is 5.20. The van der Waals surface area contributed by atoms with Gasteiger partial charge in [0.25, 0.3) is 0 Å². The lowest BCUT2D eigenvalue weighted by atomic mass is 9.22. The number of Topliss-reactive ketones (excluding diaryl/α,β-unsaturated/α-hetero) is 1. The van der Waals surface area contributed by atoms with Gasteiger partial charge in [-0.1, -0.05) is 6.92 Å². The van der Waals surface area contributed by atoms with E-state index in [-0.39, 0.29) is 16.6 Å². The molecule has 78 valence electrons. The molecular weight excluding hydrogens is 200 g/mol. The van der Waals surface area contributed by atoms with Gasteiger partial charge in [-0.15, -0.1) is 0 Å². The summed E-state index contributed by atoms with van der Waals surface area (Å²) >= 11 is 0. The average molecular weight is 214 g/mol. The molecule has 0 amide bonds. The van der Waals surface area contributed by atoms with Crippen LogP contribution in [-0.4, -0.2) is 20.0 Å². The molecule has 0 aromatic carbocycles. The van der Waals surface area contributed by atoms with Crippen molar-refractivity contribution < 1.29 is 13.2 Å². The summed E-state index contributed by atoms with van der Waals surface area (Å²) in [4.78, 5) is 11.6. The predicted molar refractivity (Wildman–Crippen MR) is 51.6 cm³/mol. The highest BCUT2D eigenvalue weighted by Crippen LogP contribution is 2.82. The van der Waals surface area contributed by atoms with E-state index in [2.05, 4.69) is 6.92 Å². The molecule has 0 saturated heterocycles. The van der Waals surface area contributed by atoms with Gasteiger partial charge in [-0.2, -0.15) is 0 Å². The molecule has 3 aliphatic rings. The zero-order valence-corrected chi connectivity index (χ0v) is 9.05. The maximum Gasteiger partial charge on any atom is 0.140 e. The normalized spacial score (nSPS) is 54.0. The van der Waals surface area contributed by atoms with Crippen LogP contribution < -0.4 is 0 Å². The fourth-order valence-electron chi connectivity index (χ4n) is 4.44. The molecule has 1 spiro atoms. The molecule has 0 aromatic heterocycles. The molecule has 0 aromatic rings. The lowest BCUT2D eigenvalue weighted by Gasteiger charge is -2.80. The molecule has 3 fully saturated rings. The van der Waals surface area contributed by atoms with Crippen molar-refractivity contribution in [2.24, 2.45) is 22.7 Å². The second-order valence-electron chi connectivity index (χ2n) is 5.14. The largest absolute Gasteiger partial charge is 0.299 e. The van der Waals surface area contributed by atoms with Gasteiger partial charge in [0, 0.05) is 11.8 Å². The van der Waals surface area contributed by atoms with E-state index in [4.69, 9.17) is 0 Å². The van der Waals surface area contributed by atoms with Gasteiger partial charge in [0.2, 0.25) is 0 Å². The first kappa shape index (κ1) is 8.89. The van der Waals surface area contributed by atoms with Crippen molar-refractivity contribution in [2.75, 3.05) is 5.75 Å². The fraction of sp³-hybridized carbons (Fsp3) is 0.900. The molecule has 3 aliphatic carbocycles. The third-order valence-electron chi connectivity index (χ3n) is 5.28. The maximum absolute atomic E-state index is 11.6. The summed E-state index contributed by atoms with van der Waals surface area (Å²) in [7, 11) is -2.33. The highest BCUT2D eigenvalue weighted by atomic mass is 32.2. The summed E-state index contributed by atoms with van der Waals surface area (Å²) in [5.41, 5.74) is -0.302. The summed E-state index contributed by atoms with van der Waals surface area (Å²) < 4.78 is 21.7. The number of carbonyl (C=O) groups is 1. The first-order chi connectivity index (χ1) is 6.54. The molecule has 3 nitrogen and oxygen atoms in total. The van der Waals surface area contributed by atoms with Crippen molar-refractivity contribution in [1.29, 1.82) is 0 Å². The molecule has 3 saturated carbocycles. The Morgan fingerprint density at radius 1 is 1.43 bits per heavy atom. The van der Waals surface area contributed by atoms with Crippen LogP contribution in [0.4, 0.5) is 0 Å². The Hall–Kier alpha value is -0.380. The van der Waals surface area contributed by atoms with Crippen LogP contribution in [0.2, 0.25) is 0 Å². The standard InChI is InChI=1S/C10H14O3S/c1-6-7-4-8(11)10(7)3-2-9(6,10)5-14(12)13/h6-7,14H,2-5H2,1H3. The predicted octanol–water partition coefficient (Wildman–Crippen LogP) is 0.603. The average Bonchev–Trinajstić information content (AvgIpc) is 2.06. The summed E-state index contributed by atoms with van der Waals surface area (Å²) in [6.07, 6.45) is 2.60. The zero-order chi connectivity index (χ0) is 10.1. The fourth-order valence-corrected chi connectivity index (χ4v) is 5.63. The summed E-state index contributed by atoms with van der Waals surface area (Å²) in [5, 5.41) is 0. The number of hydrogen-bond acceptors (Lipinski definition) is 3. The molecule has 3 rings (SSSR count). The van der Waals surface area contributed by atoms with E-state index in [0.29, 0.717) is 24.0 Å². The van der Waals surface area contributed by atoms with Gasteiger partial charge in [-0.3, -0.25) is 4.79 Å². The van der Waals surface area contributed by atoms with E-state index in [1.54, 1.807) is 0 Å². The highest BCUT2D eigenvalue weighted by Gasteiger charge is 2.82. The minimum atomic E-state index is -2.33. The number of ketones is 1. The Kier molecular flexibility index (Phi) is 1.42. The van der Waals surface area contributed by atoms with Crippen LogP contribution in [0.5, 0.6) is 0 Å². The lowest BCUT2D eigenvalue weighted by molar-refractivity contribution is -0.286. The van der Waals surface area contributed by atoms with Gasteiger partial charge in [0.05, 0.1) is 5.75 Å². The van der Waals surface area contributed by atoms with Crippen LogP contribution in [0, 0.1) is 22.7 Å². The summed E-state index contributed by atoms with van der Waals surface area (Å²) in [5.74, 6) is 1.54. The molecule has 0 N–H and O–H groups in total. The van der Waals surface area contributed by atoms with Crippen LogP contribution in [0.15, 0.2) is 0 Å². The number of thiol groups is 1. The van der Waals surface area contributed by atoms with Gasteiger partial charge >= 0.3 is 0 Å². The Bertz CT molecular complexity index is 392. The van der Waals surface area contributed by atoms with Crippen LogP contribution >= 0.6 is 0 Å². The van der Waals surface area contributed by atoms with E-state index in [1.165, 1.54) is 0 Å². The second-order valence-corrected chi connectivity index (χ2v) is 6.12. The van der Waals surface area contributed by atoms with Crippen LogP contribution in [0.3, 0.4) is 0 Å². The molecule has 4 unspecified atom stereocenters. The van der Waals surface area contributed by atoms with Crippen LogP contribution in [0.1, 0.15) is 26.2 Å². The summed E-state index contributed by atoms with van der Waals surface area (Å²) in [6.45, 7) is 2.12. The van der Waals surface area contributed by atoms with Crippen LogP contribution in [-0.2, 0) is 15.5 Å². The second kappa shape index (κ2) is 2.23. The molecule has 4 atom stereocenters. The topological polar surface area (TPSA) is 51.2 Å².